The molecule has 2 aromatic rings. The lowest BCUT2D eigenvalue weighted by Crippen LogP contribution is -2.54. The second kappa shape index (κ2) is 10.6. The van der Waals surface area contributed by atoms with E-state index in [1.54, 1.807) is 24.5 Å². The first-order valence-corrected chi connectivity index (χ1v) is 12.0. The Morgan fingerprint density at radius 3 is 2.59 bits per heavy atom. The molecule has 2 saturated heterocycles. The molecule has 0 aliphatic carbocycles. The molecule has 3 heterocycles. The summed E-state index contributed by atoms with van der Waals surface area (Å²) in [5.74, 6) is 1.54. The van der Waals surface area contributed by atoms with Crippen LogP contribution in [0.3, 0.4) is 0 Å². The molecule has 10 heteroatoms. The van der Waals surface area contributed by atoms with Gasteiger partial charge in [0.15, 0.2) is 11.0 Å². The van der Waals surface area contributed by atoms with E-state index in [0.717, 1.165) is 25.9 Å². The van der Waals surface area contributed by atoms with E-state index in [4.69, 9.17) is 33.9 Å². The predicted octanol–water partition coefficient (Wildman–Crippen LogP) is 4.40. The highest BCUT2D eigenvalue weighted by Crippen LogP contribution is 2.25. The fourth-order valence-electron chi connectivity index (χ4n) is 4.27. The van der Waals surface area contributed by atoms with E-state index in [1.165, 1.54) is 12.1 Å². The van der Waals surface area contributed by atoms with Crippen LogP contribution in [0.15, 0.2) is 54.1 Å². The molecule has 34 heavy (non-hydrogen) atoms. The molecule has 180 valence electrons. The van der Waals surface area contributed by atoms with Crippen molar-refractivity contribution in [3.05, 3.63) is 70.6 Å². The van der Waals surface area contributed by atoms with Crippen molar-refractivity contribution >= 4 is 40.6 Å². The van der Waals surface area contributed by atoms with Gasteiger partial charge in [0, 0.05) is 68.5 Å². The standard InChI is InChI=1S/C24H28Cl2FN7/c1-16-15-33(24-23(26)29-7-8-30-24)11-12-34(16)22(31-17(2)32-9-3-4-10-32)14-21(28)18-5-6-19(25)20(27)13-18/h5-8,13-14,16H,2-4,9-12,15,28H2,1H3/b21-14-,31-22?/t16-/m0/s1. The summed E-state index contributed by atoms with van der Waals surface area (Å²) < 4.78 is 14.0. The van der Waals surface area contributed by atoms with Crippen LogP contribution in [0.5, 0.6) is 0 Å². The number of rotatable bonds is 5. The number of hydrogen-bond donors (Lipinski definition) is 1. The summed E-state index contributed by atoms with van der Waals surface area (Å²) in [7, 11) is 0. The Morgan fingerprint density at radius 2 is 1.91 bits per heavy atom. The molecular weight excluding hydrogens is 476 g/mol. The van der Waals surface area contributed by atoms with Crippen molar-refractivity contribution in [1.29, 1.82) is 0 Å². The smallest absolute Gasteiger partial charge is 0.171 e. The Balaban J connectivity index is 1.62. The number of halogens is 3. The van der Waals surface area contributed by atoms with Crippen molar-refractivity contribution < 1.29 is 4.39 Å². The molecule has 2 aliphatic rings. The lowest BCUT2D eigenvalue weighted by atomic mass is 10.1. The number of hydrogen-bond acceptors (Lipinski definition) is 6. The van der Waals surface area contributed by atoms with E-state index >= 15 is 0 Å². The van der Waals surface area contributed by atoms with Crippen LogP contribution in [0.4, 0.5) is 10.2 Å². The van der Waals surface area contributed by atoms with Crippen molar-refractivity contribution in [3.63, 3.8) is 0 Å². The number of nitrogens with two attached hydrogens (primary N) is 1. The van der Waals surface area contributed by atoms with Gasteiger partial charge in [0.25, 0.3) is 0 Å². The summed E-state index contributed by atoms with van der Waals surface area (Å²) >= 11 is 12.1. The molecule has 0 unspecified atom stereocenters. The number of piperazine rings is 1. The van der Waals surface area contributed by atoms with E-state index in [0.29, 0.717) is 53.5 Å². The van der Waals surface area contributed by atoms with Crippen LogP contribution >= 0.6 is 23.2 Å². The third-order valence-electron chi connectivity index (χ3n) is 6.11. The Labute approximate surface area is 209 Å². The molecule has 0 saturated carbocycles. The van der Waals surface area contributed by atoms with Gasteiger partial charge in [-0.3, -0.25) is 0 Å². The van der Waals surface area contributed by atoms with Gasteiger partial charge < -0.3 is 20.4 Å². The van der Waals surface area contributed by atoms with E-state index < -0.39 is 5.82 Å². The highest BCUT2D eigenvalue weighted by molar-refractivity contribution is 6.31. The van der Waals surface area contributed by atoms with Crippen molar-refractivity contribution in [2.75, 3.05) is 37.6 Å². The van der Waals surface area contributed by atoms with Crippen LogP contribution in [0, 0.1) is 5.82 Å². The first kappa shape index (κ1) is 24.3. The zero-order valence-corrected chi connectivity index (χ0v) is 20.6. The van der Waals surface area contributed by atoms with Crippen molar-refractivity contribution in [2.45, 2.75) is 25.8 Å². The summed E-state index contributed by atoms with van der Waals surface area (Å²) in [5, 5.41) is 0.439. The minimum Gasteiger partial charge on any atom is -0.398 e. The van der Waals surface area contributed by atoms with Crippen LogP contribution in [-0.4, -0.2) is 64.4 Å². The fourth-order valence-corrected chi connectivity index (χ4v) is 4.61. The molecule has 2 aliphatic heterocycles. The first-order chi connectivity index (χ1) is 16.3. The van der Waals surface area contributed by atoms with E-state index in [2.05, 4.69) is 38.2 Å². The van der Waals surface area contributed by atoms with E-state index in [1.807, 2.05) is 0 Å². The Kier molecular flexibility index (Phi) is 7.58. The fraction of sp³-hybridized carbons (Fsp3) is 0.375. The zero-order valence-electron chi connectivity index (χ0n) is 19.1. The number of nitrogens with zero attached hydrogens (tertiary/aromatic N) is 6. The van der Waals surface area contributed by atoms with Crippen molar-refractivity contribution in [1.82, 2.24) is 19.8 Å². The van der Waals surface area contributed by atoms with Crippen LogP contribution in [0.1, 0.15) is 25.3 Å². The molecular formula is C24H28Cl2FN7. The molecule has 0 amide bonds. The highest BCUT2D eigenvalue weighted by atomic mass is 35.5. The maximum Gasteiger partial charge on any atom is 0.171 e. The van der Waals surface area contributed by atoms with Gasteiger partial charge in [-0.05, 0) is 31.9 Å². The van der Waals surface area contributed by atoms with Crippen LogP contribution < -0.4 is 10.6 Å². The Bertz CT molecular complexity index is 1110. The molecule has 0 spiro atoms. The maximum atomic E-state index is 14.0. The van der Waals surface area contributed by atoms with Gasteiger partial charge in [-0.25, -0.2) is 19.4 Å². The van der Waals surface area contributed by atoms with Gasteiger partial charge in [-0.2, -0.15) is 0 Å². The first-order valence-electron chi connectivity index (χ1n) is 11.3. The molecule has 0 bridgehead atoms. The second-order valence-electron chi connectivity index (χ2n) is 8.47. The SMILES string of the molecule is C=C(N=C(/C=C(\N)c1ccc(Cl)c(F)c1)N1CCN(c2nccnc2Cl)C[C@@H]1C)N1CCCC1. The van der Waals surface area contributed by atoms with Crippen molar-refractivity contribution in [3.8, 4) is 0 Å². The summed E-state index contributed by atoms with van der Waals surface area (Å²) in [5.41, 5.74) is 7.33. The zero-order chi connectivity index (χ0) is 24.2. The molecule has 2 N–H and O–H groups in total. The second-order valence-corrected chi connectivity index (χ2v) is 9.23. The van der Waals surface area contributed by atoms with Crippen molar-refractivity contribution in [2.24, 2.45) is 10.7 Å². The number of amidine groups is 1. The van der Waals surface area contributed by atoms with E-state index in [9.17, 15) is 4.39 Å². The molecule has 4 rings (SSSR count). The molecule has 1 atom stereocenters. The monoisotopic (exact) mass is 503 g/mol. The summed E-state index contributed by atoms with van der Waals surface area (Å²) in [6.45, 7) is 10.2. The highest BCUT2D eigenvalue weighted by Gasteiger charge is 2.28. The van der Waals surface area contributed by atoms with Crippen LogP contribution in [0.25, 0.3) is 5.70 Å². The summed E-state index contributed by atoms with van der Waals surface area (Å²) in [4.78, 5) is 19.9. The summed E-state index contributed by atoms with van der Waals surface area (Å²) in [6.07, 6.45) is 7.25. The maximum absolute atomic E-state index is 14.0. The van der Waals surface area contributed by atoms with Gasteiger partial charge >= 0.3 is 0 Å². The van der Waals surface area contributed by atoms with Gasteiger partial charge in [0.2, 0.25) is 0 Å². The average molecular weight is 504 g/mol. The Hall–Kier alpha value is -2.84. The number of benzene rings is 1. The van der Waals surface area contributed by atoms with Gasteiger partial charge in [-0.1, -0.05) is 35.8 Å². The number of aliphatic imine (C=N–C) groups is 1. The Morgan fingerprint density at radius 1 is 1.18 bits per heavy atom. The number of aromatic nitrogens is 2. The van der Waals surface area contributed by atoms with Gasteiger partial charge in [0.05, 0.1) is 5.02 Å². The van der Waals surface area contributed by atoms with Crippen LogP contribution in [-0.2, 0) is 0 Å². The topological polar surface area (TPSA) is 73.9 Å². The van der Waals surface area contributed by atoms with Gasteiger partial charge in [-0.15, -0.1) is 0 Å². The summed E-state index contributed by atoms with van der Waals surface area (Å²) in [6, 6.07) is 4.60. The minimum absolute atomic E-state index is 0.0558. The molecule has 2 fully saturated rings. The van der Waals surface area contributed by atoms with Crippen LogP contribution in [0.2, 0.25) is 10.2 Å². The molecule has 7 nitrogen and oxygen atoms in total. The lowest BCUT2D eigenvalue weighted by molar-refractivity contribution is 0.297. The third-order valence-corrected chi connectivity index (χ3v) is 6.68. The number of anilines is 1. The quantitative estimate of drug-likeness (QED) is 0.481. The third kappa shape index (κ3) is 5.45. The number of likely N-dealkylation sites (tertiary alicyclic amines) is 1. The van der Waals surface area contributed by atoms with Gasteiger partial charge in [0.1, 0.15) is 17.5 Å². The minimum atomic E-state index is -0.515. The lowest BCUT2D eigenvalue weighted by Gasteiger charge is -2.41. The predicted molar refractivity (Wildman–Crippen MR) is 136 cm³/mol. The molecule has 1 aromatic carbocycles. The normalized spacial score (nSPS) is 19.6. The molecule has 0 radical (unpaired) electrons. The van der Waals surface area contributed by atoms with E-state index in [-0.39, 0.29) is 11.1 Å². The average Bonchev–Trinajstić information content (AvgIpc) is 3.36. The largest absolute Gasteiger partial charge is 0.398 e. The molecule has 1 aromatic heterocycles.